The number of hydrogen-bond acceptors (Lipinski definition) is 3. The Balaban J connectivity index is 2.06. The minimum Gasteiger partial charge on any atom is -0.493 e. The van der Waals surface area contributed by atoms with E-state index < -0.39 is 0 Å². The molecule has 1 atom stereocenters. The number of halogens is 1. The summed E-state index contributed by atoms with van der Waals surface area (Å²) in [5.41, 5.74) is 1.11. The number of para-hydroxylation sites is 1. The molecule has 0 saturated carbocycles. The largest absolute Gasteiger partial charge is 0.493 e. The van der Waals surface area contributed by atoms with Crippen LogP contribution in [-0.4, -0.2) is 26.9 Å². The highest BCUT2D eigenvalue weighted by molar-refractivity contribution is 9.08. The second-order valence-electron chi connectivity index (χ2n) is 4.12. The molecule has 94 valence electrons. The Morgan fingerprint density at radius 1 is 1.47 bits per heavy atom. The summed E-state index contributed by atoms with van der Waals surface area (Å²) < 4.78 is 16.6. The van der Waals surface area contributed by atoms with Gasteiger partial charge in [-0.1, -0.05) is 28.1 Å². The van der Waals surface area contributed by atoms with Gasteiger partial charge in [-0.15, -0.1) is 0 Å². The summed E-state index contributed by atoms with van der Waals surface area (Å²) in [4.78, 5) is 0. The van der Waals surface area contributed by atoms with Gasteiger partial charge < -0.3 is 14.2 Å². The van der Waals surface area contributed by atoms with Crippen LogP contribution in [0.2, 0.25) is 0 Å². The fraction of sp³-hybridized carbons (Fsp3) is 0.538. The quantitative estimate of drug-likeness (QED) is 0.783. The standard InChI is InChI=1S/C13H17BrO3/c1-15-12-4-2-3-11(7-14)13(12)17-9-10-5-6-16-8-10/h2-4,10H,5-9H2,1H3. The third-order valence-electron chi connectivity index (χ3n) is 2.91. The number of alkyl halides is 1. The Labute approximate surface area is 110 Å². The van der Waals surface area contributed by atoms with Crippen LogP contribution in [0.15, 0.2) is 18.2 Å². The zero-order valence-electron chi connectivity index (χ0n) is 9.95. The van der Waals surface area contributed by atoms with E-state index in [-0.39, 0.29) is 0 Å². The number of ether oxygens (including phenoxy) is 3. The maximum Gasteiger partial charge on any atom is 0.165 e. The predicted octanol–water partition coefficient (Wildman–Crippen LogP) is 3.01. The molecule has 1 aliphatic heterocycles. The molecule has 17 heavy (non-hydrogen) atoms. The van der Waals surface area contributed by atoms with Crippen LogP contribution >= 0.6 is 15.9 Å². The third kappa shape index (κ3) is 3.13. The molecule has 4 heteroatoms. The molecule has 1 unspecified atom stereocenters. The van der Waals surface area contributed by atoms with Gasteiger partial charge >= 0.3 is 0 Å². The minimum absolute atomic E-state index is 0.503. The lowest BCUT2D eigenvalue weighted by Crippen LogP contribution is -2.12. The van der Waals surface area contributed by atoms with E-state index in [2.05, 4.69) is 15.9 Å². The van der Waals surface area contributed by atoms with E-state index in [9.17, 15) is 0 Å². The van der Waals surface area contributed by atoms with Gasteiger partial charge in [0, 0.05) is 23.4 Å². The Hall–Kier alpha value is -0.740. The van der Waals surface area contributed by atoms with Crippen LogP contribution in [0.25, 0.3) is 0 Å². The second-order valence-corrected chi connectivity index (χ2v) is 4.68. The van der Waals surface area contributed by atoms with Gasteiger partial charge in [0.25, 0.3) is 0 Å². The van der Waals surface area contributed by atoms with Crippen molar-refractivity contribution in [3.05, 3.63) is 23.8 Å². The molecule has 0 spiro atoms. The van der Waals surface area contributed by atoms with Crippen LogP contribution in [0.4, 0.5) is 0 Å². The smallest absolute Gasteiger partial charge is 0.165 e. The third-order valence-corrected chi connectivity index (χ3v) is 3.52. The van der Waals surface area contributed by atoms with Crippen molar-refractivity contribution < 1.29 is 14.2 Å². The van der Waals surface area contributed by atoms with Crippen LogP contribution in [0.5, 0.6) is 11.5 Å². The first-order valence-electron chi connectivity index (χ1n) is 5.77. The van der Waals surface area contributed by atoms with Crippen molar-refractivity contribution in [3.63, 3.8) is 0 Å². The predicted molar refractivity (Wildman–Crippen MR) is 70.0 cm³/mol. The Bertz CT molecular complexity index is 339. The molecule has 0 aliphatic carbocycles. The van der Waals surface area contributed by atoms with Crippen molar-refractivity contribution in [1.82, 2.24) is 0 Å². The average molecular weight is 301 g/mol. The van der Waals surface area contributed by atoms with Gasteiger partial charge in [-0.25, -0.2) is 0 Å². The highest BCUT2D eigenvalue weighted by Crippen LogP contribution is 2.33. The fourth-order valence-corrected chi connectivity index (χ4v) is 2.35. The topological polar surface area (TPSA) is 27.7 Å². The van der Waals surface area contributed by atoms with Gasteiger partial charge in [-0.05, 0) is 12.5 Å². The molecule has 0 bridgehead atoms. The summed E-state index contributed by atoms with van der Waals surface area (Å²) in [5.74, 6) is 2.14. The summed E-state index contributed by atoms with van der Waals surface area (Å²) in [6.07, 6.45) is 1.08. The zero-order valence-corrected chi connectivity index (χ0v) is 11.5. The highest BCUT2D eigenvalue weighted by Gasteiger charge is 2.18. The van der Waals surface area contributed by atoms with Gasteiger partial charge in [0.05, 0.1) is 20.3 Å². The molecular weight excluding hydrogens is 284 g/mol. The van der Waals surface area contributed by atoms with E-state index >= 15 is 0 Å². The molecule has 2 rings (SSSR count). The van der Waals surface area contributed by atoms with Crippen LogP contribution in [-0.2, 0) is 10.1 Å². The highest BCUT2D eigenvalue weighted by atomic mass is 79.9. The molecule has 3 nitrogen and oxygen atoms in total. The molecule has 1 aliphatic rings. The maximum atomic E-state index is 5.90. The van der Waals surface area contributed by atoms with Gasteiger partial charge in [-0.2, -0.15) is 0 Å². The lowest BCUT2D eigenvalue weighted by Gasteiger charge is -2.16. The lowest BCUT2D eigenvalue weighted by molar-refractivity contribution is 0.165. The van der Waals surface area contributed by atoms with Crippen LogP contribution < -0.4 is 9.47 Å². The molecule has 1 fully saturated rings. The van der Waals surface area contributed by atoms with E-state index in [0.29, 0.717) is 12.5 Å². The van der Waals surface area contributed by atoms with Crippen LogP contribution in [0, 0.1) is 5.92 Å². The summed E-state index contributed by atoms with van der Waals surface area (Å²) >= 11 is 3.46. The van der Waals surface area contributed by atoms with Crippen molar-refractivity contribution in [1.29, 1.82) is 0 Å². The van der Waals surface area contributed by atoms with E-state index in [0.717, 1.165) is 42.0 Å². The van der Waals surface area contributed by atoms with Crippen molar-refractivity contribution in [3.8, 4) is 11.5 Å². The first-order valence-corrected chi connectivity index (χ1v) is 6.89. The molecule has 1 saturated heterocycles. The molecule has 1 aromatic carbocycles. The van der Waals surface area contributed by atoms with Crippen molar-refractivity contribution >= 4 is 15.9 Å². The van der Waals surface area contributed by atoms with Crippen molar-refractivity contribution in [2.75, 3.05) is 26.9 Å². The molecular formula is C13H17BrO3. The Morgan fingerprint density at radius 2 is 2.35 bits per heavy atom. The average Bonchev–Trinajstić information content (AvgIpc) is 2.88. The van der Waals surface area contributed by atoms with Gasteiger partial charge in [0.2, 0.25) is 0 Å². The maximum absolute atomic E-state index is 5.90. The molecule has 0 amide bonds. The summed E-state index contributed by atoms with van der Waals surface area (Å²) in [7, 11) is 1.67. The van der Waals surface area contributed by atoms with Gasteiger partial charge in [0.15, 0.2) is 11.5 Å². The SMILES string of the molecule is COc1cccc(CBr)c1OCC1CCOC1. The molecule has 0 N–H and O–H groups in total. The normalized spacial score (nSPS) is 19.3. The number of hydrogen-bond donors (Lipinski definition) is 0. The summed E-state index contributed by atoms with van der Waals surface area (Å²) in [6, 6.07) is 5.94. The second kappa shape index (κ2) is 6.26. The number of methoxy groups -OCH3 is 1. The first kappa shape index (κ1) is 12.7. The fourth-order valence-electron chi connectivity index (χ4n) is 1.91. The Morgan fingerprint density at radius 3 is 3.00 bits per heavy atom. The van der Waals surface area contributed by atoms with Crippen molar-refractivity contribution in [2.24, 2.45) is 5.92 Å². The lowest BCUT2D eigenvalue weighted by atomic mass is 10.1. The monoisotopic (exact) mass is 300 g/mol. The molecule has 1 heterocycles. The van der Waals surface area contributed by atoms with E-state index in [1.807, 2.05) is 18.2 Å². The molecule has 1 aromatic rings. The van der Waals surface area contributed by atoms with E-state index in [1.54, 1.807) is 7.11 Å². The first-order chi connectivity index (χ1) is 8.35. The summed E-state index contributed by atoms with van der Waals surface area (Å²) in [5, 5.41) is 0.765. The van der Waals surface area contributed by atoms with Crippen LogP contribution in [0.1, 0.15) is 12.0 Å². The molecule has 0 radical (unpaired) electrons. The number of rotatable bonds is 5. The Kier molecular flexibility index (Phi) is 4.68. The van der Waals surface area contributed by atoms with Crippen LogP contribution in [0.3, 0.4) is 0 Å². The van der Waals surface area contributed by atoms with E-state index in [4.69, 9.17) is 14.2 Å². The zero-order chi connectivity index (χ0) is 12.1. The molecule has 0 aromatic heterocycles. The summed E-state index contributed by atoms with van der Waals surface area (Å²) in [6.45, 7) is 2.35. The minimum atomic E-state index is 0.503. The van der Waals surface area contributed by atoms with Gasteiger partial charge in [0.1, 0.15) is 0 Å². The van der Waals surface area contributed by atoms with Crippen molar-refractivity contribution in [2.45, 2.75) is 11.8 Å². The van der Waals surface area contributed by atoms with Gasteiger partial charge in [-0.3, -0.25) is 0 Å². The van der Waals surface area contributed by atoms with E-state index in [1.165, 1.54) is 0 Å². The number of benzene rings is 1.